The van der Waals surface area contributed by atoms with Gasteiger partial charge in [-0.3, -0.25) is 14.3 Å². The third-order valence-corrected chi connectivity index (χ3v) is 5.98. The fraction of sp³-hybridized carbons (Fsp3) is 0.522. The summed E-state index contributed by atoms with van der Waals surface area (Å²) in [6, 6.07) is 1.93. The number of aryl methyl sites for hydroxylation is 1. The number of carbonyl (C=O) groups excluding carboxylic acids is 1. The number of aromatic amines is 1. The fourth-order valence-electron chi connectivity index (χ4n) is 4.16. The van der Waals surface area contributed by atoms with E-state index in [1.54, 1.807) is 6.07 Å². The number of hydrogen-bond donors (Lipinski definition) is 1. The molecule has 3 aromatic rings. The molecule has 0 aliphatic carbocycles. The molecule has 170 valence electrons. The van der Waals surface area contributed by atoms with Gasteiger partial charge in [-0.05, 0) is 58.8 Å². The monoisotopic (exact) mass is 438 g/mol. The molecular weight excluding hydrogens is 408 g/mol. The van der Waals surface area contributed by atoms with Crippen LogP contribution in [-0.2, 0) is 6.42 Å². The number of aromatic nitrogens is 5. The minimum atomic E-state index is -0.305. The summed E-state index contributed by atoms with van der Waals surface area (Å²) in [5.74, 6) is 0.565. The maximum absolute atomic E-state index is 13.0. The molecule has 0 atom stereocenters. The van der Waals surface area contributed by atoms with Gasteiger partial charge in [0.15, 0.2) is 11.3 Å². The Hall–Kier alpha value is -3.07. The van der Waals surface area contributed by atoms with Crippen LogP contribution < -0.4 is 10.3 Å². The van der Waals surface area contributed by atoms with E-state index >= 15 is 0 Å². The maximum Gasteiger partial charge on any atom is 0.279 e. The van der Waals surface area contributed by atoms with Gasteiger partial charge in [-0.25, -0.2) is 9.97 Å². The van der Waals surface area contributed by atoms with Crippen molar-refractivity contribution in [3.63, 3.8) is 0 Å². The van der Waals surface area contributed by atoms with Gasteiger partial charge < -0.3 is 14.6 Å². The van der Waals surface area contributed by atoms with Gasteiger partial charge in [-0.15, -0.1) is 0 Å². The summed E-state index contributed by atoms with van der Waals surface area (Å²) in [7, 11) is 2.12. The van der Waals surface area contributed by atoms with Crippen molar-refractivity contribution in [3.05, 3.63) is 33.9 Å². The standard InChI is InChI=1S/C23H30N6O3/c1-5-11-32-23-17(12-15(13-24-23)14(3)30)21-25-19-18(6-2)29(27-20(19)22(31)26-21)16-7-9-28(4)10-8-16/h12-13,16H,5-11H2,1-4H3,(H,25,26,31). The Morgan fingerprint density at radius 2 is 2.00 bits per heavy atom. The van der Waals surface area contributed by atoms with E-state index in [4.69, 9.17) is 9.72 Å². The number of piperidine rings is 1. The lowest BCUT2D eigenvalue weighted by molar-refractivity contribution is 0.101. The van der Waals surface area contributed by atoms with Crippen molar-refractivity contribution in [3.8, 4) is 17.3 Å². The highest BCUT2D eigenvalue weighted by molar-refractivity contribution is 5.95. The molecule has 0 saturated carbocycles. The molecule has 0 radical (unpaired) electrons. The molecule has 0 aromatic carbocycles. The lowest BCUT2D eigenvalue weighted by Crippen LogP contribution is -2.32. The van der Waals surface area contributed by atoms with Crippen molar-refractivity contribution >= 4 is 16.8 Å². The Bertz CT molecular complexity index is 1190. The number of hydrogen-bond acceptors (Lipinski definition) is 7. The lowest BCUT2D eigenvalue weighted by atomic mass is 10.1. The zero-order valence-corrected chi connectivity index (χ0v) is 19.1. The number of H-pyrrole nitrogens is 1. The molecule has 0 bridgehead atoms. The molecule has 32 heavy (non-hydrogen) atoms. The summed E-state index contributed by atoms with van der Waals surface area (Å²) in [6.07, 6.45) is 4.98. The zero-order chi connectivity index (χ0) is 22.8. The van der Waals surface area contributed by atoms with E-state index in [9.17, 15) is 9.59 Å². The van der Waals surface area contributed by atoms with Crippen LogP contribution in [0.1, 0.15) is 62.1 Å². The summed E-state index contributed by atoms with van der Waals surface area (Å²) in [4.78, 5) is 39.2. The largest absolute Gasteiger partial charge is 0.477 e. The second-order valence-electron chi connectivity index (χ2n) is 8.37. The van der Waals surface area contributed by atoms with E-state index in [0.29, 0.717) is 46.9 Å². The van der Waals surface area contributed by atoms with Crippen molar-refractivity contribution in [2.45, 2.75) is 52.5 Å². The van der Waals surface area contributed by atoms with E-state index in [0.717, 1.165) is 38.0 Å². The number of ether oxygens (including phenoxy) is 1. The molecule has 1 aliphatic rings. The molecule has 4 heterocycles. The van der Waals surface area contributed by atoms with Crippen molar-refractivity contribution in [1.82, 2.24) is 29.6 Å². The molecule has 9 nitrogen and oxygen atoms in total. The van der Waals surface area contributed by atoms with Gasteiger partial charge in [0.25, 0.3) is 5.56 Å². The Morgan fingerprint density at radius 1 is 1.25 bits per heavy atom. The third kappa shape index (κ3) is 4.17. The number of carbonyl (C=O) groups is 1. The summed E-state index contributed by atoms with van der Waals surface area (Å²) in [5, 5.41) is 4.68. The van der Waals surface area contributed by atoms with Crippen molar-refractivity contribution in [1.29, 1.82) is 0 Å². The predicted octanol–water partition coefficient (Wildman–Crippen LogP) is 3.00. The average molecular weight is 439 g/mol. The first-order valence-corrected chi connectivity index (χ1v) is 11.3. The van der Waals surface area contributed by atoms with E-state index in [1.807, 2.05) is 11.6 Å². The Morgan fingerprint density at radius 3 is 2.66 bits per heavy atom. The Balaban J connectivity index is 1.85. The third-order valence-electron chi connectivity index (χ3n) is 5.98. The molecule has 0 spiro atoms. The Kier molecular flexibility index (Phi) is 6.36. The maximum atomic E-state index is 13.0. The molecular formula is C23H30N6O3. The van der Waals surface area contributed by atoms with Gasteiger partial charge in [0.2, 0.25) is 5.88 Å². The first-order valence-electron chi connectivity index (χ1n) is 11.3. The van der Waals surface area contributed by atoms with Crippen molar-refractivity contribution < 1.29 is 9.53 Å². The van der Waals surface area contributed by atoms with Crippen LogP contribution >= 0.6 is 0 Å². The van der Waals surface area contributed by atoms with Gasteiger partial charge >= 0.3 is 0 Å². The average Bonchev–Trinajstić information content (AvgIpc) is 3.17. The van der Waals surface area contributed by atoms with Gasteiger partial charge in [-0.2, -0.15) is 5.10 Å². The topological polar surface area (TPSA) is 106 Å². The highest BCUT2D eigenvalue weighted by atomic mass is 16.5. The number of Topliss-reactive ketones (excluding diaryl/α,β-unsaturated/α-hetero) is 1. The molecule has 0 amide bonds. The molecule has 0 unspecified atom stereocenters. The molecule has 1 saturated heterocycles. The van der Waals surface area contributed by atoms with E-state index in [-0.39, 0.29) is 17.4 Å². The highest BCUT2D eigenvalue weighted by Crippen LogP contribution is 2.30. The smallest absolute Gasteiger partial charge is 0.279 e. The normalized spacial score (nSPS) is 15.4. The number of fused-ring (bicyclic) bond motifs is 1. The van der Waals surface area contributed by atoms with Crippen molar-refractivity contribution in [2.75, 3.05) is 26.7 Å². The van der Waals surface area contributed by atoms with Crippen LogP contribution in [0.25, 0.3) is 22.4 Å². The first kappa shape index (κ1) is 22.1. The second-order valence-corrected chi connectivity index (χ2v) is 8.37. The number of pyridine rings is 1. The predicted molar refractivity (Wildman–Crippen MR) is 122 cm³/mol. The van der Waals surface area contributed by atoms with Crippen LogP contribution in [0.4, 0.5) is 0 Å². The van der Waals surface area contributed by atoms with Crippen molar-refractivity contribution in [2.24, 2.45) is 0 Å². The van der Waals surface area contributed by atoms with Gasteiger partial charge in [0, 0.05) is 11.8 Å². The summed E-state index contributed by atoms with van der Waals surface area (Å²) in [6.45, 7) is 8.01. The van der Waals surface area contributed by atoms with E-state index < -0.39 is 0 Å². The van der Waals surface area contributed by atoms with Crippen LogP contribution in [0.3, 0.4) is 0 Å². The zero-order valence-electron chi connectivity index (χ0n) is 19.1. The minimum Gasteiger partial charge on any atom is -0.477 e. The first-order chi connectivity index (χ1) is 15.4. The minimum absolute atomic E-state index is 0.117. The highest BCUT2D eigenvalue weighted by Gasteiger charge is 2.25. The van der Waals surface area contributed by atoms with Crippen LogP contribution in [-0.4, -0.2) is 62.2 Å². The summed E-state index contributed by atoms with van der Waals surface area (Å²) in [5.41, 5.74) is 2.52. The fourth-order valence-corrected chi connectivity index (χ4v) is 4.16. The van der Waals surface area contributed by atoms with Gasteiger partial charge in [0.05, 0.1) is 23.9 Å². The SMILES string of the molecule is CCCOc1ncc(C(C)=O)cc1-c1nc2c(CC)n(C3CCN(C)CC3)nc2c(=O)[nH]1. The number of ketones is 1. The number of nitrogens with one attached hydrogen (secondary N) is 1. The van der Waals surface area contributed by atoms with Crippen LogP contribution in [0.15, 0.2) is 17.1 Å². The van der Waals surface area contributed by atoms with Crippen LogP contribution in [0, 0.1) is 0 Å². The molecule has 3 aromatic heterocycles. The summed E-state index contributed by atoms with van der Waals surface area (Å²) < 4.78 is 7.79. The van der Waals surface area contributed by atoms with Crippen LogP contribution in [0.2, 0.25) is 0 Å². The van der Waals surface area contributed by atoms with Crippen LogP contribution in [0.5, 0.6) is 5.88 Å². The molecule has 1 aliphatic heterocycles. The molecule has 4 rings (SSSR count). The number of likely N-dealkylation sites (tertiary alicyclic amines) is 1. The Labute approximate surface area is 186 Å². The molecule has 9 heteroatoms. The van der Waals surface area contributed by atoms with Gasteiger partial charge in [-0.1, -0.05) is 13.8 Å². The number of rotatable bonds is 7. The summed E-state index contributed by atoms with van der Waals surface area (Å²) >= 11 is 0. The van der Waals surface area contributed by atoms with E-state index in [2.05, 4.69) is 33.9 Å². The lowest BCUT2D eigenvalue weighted by Gasteiger charge is -2.29. The molecule has 1 fully saturated rings. The van der Waals surface area contributed by atoms with Gasteiger partial charge in [0.1, 0.15) is 11.3 Å². The van der Waals surface area contributed by atoms with E-state index in [1.165, 1.54) is 13.1 Å². The second kappa shape index (κ2) is 9.20. The quantitative estimate of drug-likeness (QED) is 0.565. The molecule has 1 N–H and O–H groups in total. The number of nitrogens with zero attached hydrogens (tertiary/aromatic N) is 5.